The van der Waals surface area contributed by atoms with Gasteiger partial charge in [-0.2, -0.15) is 0 Å². The highest BCUT2D eigenvalue weighted by Crippen LogP contribution is 2.45. The molecule has 3 atom stereocenters. The Hall–Kier alpha value is -0.380. The number of rotatable bonds is 0. The van der Waals surface area contributed by atoms with Crippen molar-refractivity contribution in [2.24, 2.45) is 11.8 Å². The first kappa shape index (κ1) is 6.34. The van der Waals surface area contributed by atoms with Crippen LogP contribution in [0.4, 0.5) is 0 Å². The molecule has 10 heavy (non-hydrogen) atoms. The molecule has 2 aliphatic rings. The Kier molecular flexibility index (Phi) is 0.915. The fourth-order valence-electron chi connectivity index (χ4n) is 1.75. The third-order valence-corrected chi connectivity index (χ3v) is 4.78. The molecular weight excluding hydrogens is 152 g/mol. The summed E-state index contributed by atoms with van der Waals surface area (Å²) >= 11 is 0. The predicted octanol–water partition coefficient (Wildman–Crippen LogP) is -0.382. The van der Waals surface area contributed by atoms with Gasteiger partial charge in [0.05, 0.1) is 5.75 Å². The molecule has 1 aliphatic carbocycles. The van der Waals surface area contributed by atoms with E-state index in [0.717, 1.165) is 0 Å². The lowest BCUT2D eigenvalue weighted by atomic mass is 9.73. The third kappa shape index (κ3) is 0.471. The molecular formula is C6H8O3S. The van der Waals surface area contributed by atoms with Gasteiger partial charge < -0.3 is 0 Å². The summed E-state index contributed by atoms with van der Waals surface area (Å²) in [6, 6.07) is 0. The second-order valence-corrected chi connectivity index (χ2v) is 5.27. The van der Waals surface area contributed by atoms with Gasteiger partial charge in [0.2, 0.25) is 0 Å². The summed E-state index contributed by atoms with van der Waals surface area (Å²) in [5.74, 6) is 0.340. The Morgan fingerprint density at radius 1 is 1.50 bits per heavy atom. The quantitative estimate of drug-likeness (QED) is 0.485. The molecule has 0 radical (unpaired) electrons. The van der Waals surface area contributed by atoms with Gasteiger partial charge in [-0.05, 0) is 0 Å². The van der Waals surface area contributed by atoms with E-state index in [-0.39, 0.29) is 23.4 Å². The Morgan fingerprint density at radius 3 is 2.40 bits per heavy atom. The Balaban J connectivity index is 2.31. The zero-order chi connectivity index (χ0) is 7.52. The monoisotopic (exact) mass is 160 g/mol. The van der Waals surface area contributed by atoms with Crippen LogP contribution in [0.25, 0.3) is 0 Å². The zero-order valence-electron chi connectivity index (χ0n) is 5.57. The standard InChI is InChI=1S/C6H8O3S/c1-3-4-2-10(8,9)6(4)5(3)7/h3-4,6H,2H2,1H3. The molecule has 4 heteroatoms. The molecule has 1 aliphatic heterocycles. The largest absolute Gasteiger partial charge is 0.298 e. The molecule has 1 saturated carbocycles. The van der Waals surface area contributed by atoms with Crippen LogP contribution in [0.3, 0.4) is 0 Å². The molecule has 1 saturated heterocycles. The highest BCUT2D eigenvalue weighted by Gasteiger charge is 2.62. The Bertz CT molecular complexity index is 290. The summed E-state index contributed by atoms with van der Waals surface area (Å²) in [5, 5.41) is -0.595. The SMILES string of the molecule is CC1C(=O)C2C1CS2(=O)=O. The van der Waals surface area contributed by atoms with E-state index in [9.17, 15) is 13.2 Å². The van der Waals surface area contributed by atoms with Crippen molar-refractivity contribution >= 4 is 15.6 Å². The van der Waals surface area contributed by atoms with E-state index in [0.29, 0.717) is 0 Å². The normalized spacial score (nSPS) is 48.9. The highest BCUT2D eigenvalue weighted by molar-refractivity contribution is 7.94. The average Bonchev–Trinajstić information content (AvgIpc) is 1.83. The Labute approximate surface area is 59.3 Å². The fourth-order valence-corrected chi connectivity index (χ4v) is 4.05. The van der Waals surface area contributed by atoms with Gasteiger partial charge in [-0.15, -0.1) is 0 Å². The van der Waals surface area contributed by atoms with Gasteiger partial charge >= 0.3 is 0 Å². The molecule has 0 N–H and O–H groups in total. The summed E-state index contributed by atoms with van der Waals surface area (Å²) < 4.78 is 21.6. The van der Waals surface area contributed by atoms with Crippen LogP contribution in [0.15, 0.2) is 0 Å². The summed E-state index contributed by atoms with van der Waals surface area (Å²) in [4.78, 5) is 10.9. The minimum Gasteiger partial charge on any atom is -0.298 e. The first-order valence-corrected chi connectivity index (χ1v) is 5.01. The topological polar surface area (TPSA) is 51.2 Å². The summed E-state index contributed by atoms with van der Waals surface area (Å²) in [6.45, 7) is 1.80. The van der Waals surface area contributed by atoms with Crippen molar-refractivity contribution in [2.75, 3.05) is 5.75 Å². The van der Waals surface area contributed by atoms with Crippen LogP contribution in [-0.2, 0) is 14.6 Å². The minimum absolute atomic E-state index is 0.00789. The van der Waals surface area contributed by atoms with Crippen molar-refractivity contribution in [1.29, 1.82) is 0 Å². The molecule has 2 fully saturated rings. The van der Waals surface area contributed by atoms with Gasteiger partial charge in [-0.3, -0.25) is 4.79 Å². The van der Waals surface area contributed by atoms with E-state index < -0.39 is 15.1 Å². The summed E-state index contributed by atoms with van der Waals surface area (Å²) in [7, 11) is -2.95. The molecule has 0 spiro atoms. The number of hydrogen-bond donors (Lipinski definition) is 0. The molecule has 56 valence electrons. The zero-order valence-corrected chi connectivity index (χ0v) is 6.39. The second kappa shape index (κ2) is 1.44. The van der Waals surface area contributed by atoms with Crippen LogP contribution in [0.1, 0.15) is 6.92 Å². The van der Waals surface area contributed by atoms with E-state index >= 15 is 0 Å². The molecule has 0 amide bonds. The summed E-state index contributed by atoms with van der Waals surface area (Å²) in [5.41, 5.74) is 0. The number of sulfone groups is 1. The predicted molar refractivity (Wildman–Crippen MR) is 35.2 cm³/mol. The van der Waals surface area contributed by atoms with E-state index in [1.165, 1.54) is 0 Å². The van der Waals surface area contributed by atoms with Crippen molar-refractivity contribution in [1.82, 2.24) is 0 Å². The number of carbonyl (C=O) groups excluding carboxylic acids is 1. The van der Waals surface area contributed by atoms with Crippen LogP contribution in [0.5, 0.6) is 0 Å². The van der Waals surface area contributed by atoms with Crippen molar-refractivity contribution in [3.05, 3.63) is 0 Å². The molecule has 1 heterocycles. The van der Waals surface area contributed by atoms with Gasteiger partial charge in [-0.25, -0.2) is 8.42 Å². The van der Waals surface area contributed by atoms with Crippen LogP contribution in [-0.4, -0.2) is 25.2 Å². The molecule has 0 aromatic carbocycles. The van der Waals surface area contributed by atoms with Crippen LogP contribution in [0, 0.1) is 11.8 Å². The number of ketones is 1. The molecule has 3 nitrogen and oxygen atoms in total. The number of Topliss-reactive ketones (excluding diaryl/α,β-unsaturated/α-hetero) is 1. The van der Waals surface area contributed by atoms with Crippen LogP contribution >= 0.6 is 0 Å². The van der Waals surface area contributed by atoms with Crippen LogP contribution < -0.4 is 0 Å². The highest BCUT2D eigenvalue weighted by atomic mass is 32.2. The van der Waals surface area contributed by atoms with Gasteiger partial charge in [0.1, 0.15) is 5.25 Å². The smallest absolute Gasteiger partial charge is 0.160 e. The lowest BCUT2D eigenvalue weighted by Crippen LogP contribution is -2.66. The van der Waals surface area contributed by atoms with Crippen molar-refractivity contribution in [3.63, 3.8) is 0 Å². The first-order valence-electron chi connectivity index (χ1n) is 3.29. The molecule has 3 unspecified atom stereocenters. The number of carbonyl (C=O) groups is 1. The maximum atomic E-state index is 10.9. The molecule has 0 aromatic rings. The van der Waals surface area contributed by atoms with E-state index in [1.807, 2.05) is 0 Å². The second-order valence-electron chi connectivity index (χ2n) is 3.11. The fraction of sp³-hybridized carbons (Fsp3) is 0.833. The van der Waals surface area contributed by atoms with Crippen molar-refractivity contribution in [2.45, 2.75) is 12.2 Å². The van der Waals surface area contributed by atoms with E-state index in [4.69, 9.17) is 0 Å². The van der Waals surface area contributed by atoms with Gasteiger partial charge in [-0.1, -0.05) is 6.92 Å². The van der Waals surface area contributed by atoms with Gasteiger partial charge in [0.15, 0.2) is 15.6 Å². The lowest BCUT2D eigenvalue weighted by Gasteiger charge is -2.48. The van der Waals surface area contributed by atoms with Crippen LogP contribution in [0.2, 0.25) is 0 Å². The first-order chi connectivity index (χ1) is 4.54. The van der Waals surface area contributed by atoms with Gasteiger partial charge in [0, 0.05) is 11.8 Å². The maximum absolute atomic E-state index is 10.9. The van der Waals surface area contributed by atoms with E-state index in [2.05, 4.69) is 0 Å². The minimum atomic E-state index is -2.95. The maximum Gasteiger partial charge on any atom is 0.160 e. The average molecular weight is 160 g/mol. The third-order valence-electron chi connectivity index (χ3n) is 2.57. The van der Waals surface area contributed by atoms with Crippen molar-refractivity contribution < 1.29 is 13.2 Å². The van der Waals surface area contributed by atoms with Gasteiger partial charge in [0.25, 0.3) is 0 Å². The molecule has 2 rings (SSSR count). The molecule has 0 bridgehead atoms. The lowest BCUT2D eigenvalue weighted by molar-refractivity contribution is -0.132. The van der Waals surface area contributed by atoms with Crippen molar-refractivity contribution in [3.8, 4) is 0 Å². The van der Waals surface area contributed by atoms with E-state index in [1.54, 1.807) is 6.92 Å². The summed E-state index contributed by atoms with van der Waals surface area (Å²) in [6.07, 6.45) is 0. The number of hydrogen-bond acceptors (Lipinski definition) is 3. The Morgan fingerprint density at radius 2 is 2.10 bits per heavy atom. The molecule has 0 aromatic heterocycles. The number of fused-ring (bicyclic) bond motifs is 1.